The largest absolute Gasteiger partial charge is 0.329 e. The average Bonchev–Trinajstić information content (AvgIpc) is 2.16. The zero-order valence-electron chi connectivity index (χ0n) is 9.87. The van der Waals surface area contributed by atoms with Gasteiger partial charge in [-0.05, 0) is 40.4 Å². The van der Waals surface area contributed by atoms with Gasteiger partial charge in [-0.3, -0.25) is 4.90 Å². The summed E-state index contributed by atoms with van der Waals surface area (Å²) in [6.45, 7) is 5.43. The highest BCUT2D eigenvalue weighted by Gasteiger charge is 2.25. The molecule has 3 heteroatoms. The molecule has 0 radical (unpaired) electrons. The summed E-state index contributed by atoms with van der Waals surface area (Å²) < 4.78 is 0. The Labute approximate surface area is 88.2 Å². The minimum atomic E-state index is 0.542. The number of hydrogen-bond acceptors (Lipinski definition) is 3. The second kappa shape index (κ2) is 5.69. The monoisotopic (exact) mass is 199 g/mol. The van der Waals surface area contributed by atoms with Gasteiger partial charge in [0.25, 0.3) is 0 Å². The zero-order chi connectivity index (χ0) is 10.6. The van der Waals surface area contributed by atoms with Crippen molar-refractivity contribution in [1.29, 1.82) is 0 Å². The molecule has 0 bridgehead atoms. The molecule has 0 saturated carbocycles. The summed E-state index contributed by atoms with van der Waals surface area (Å²) in [5, 5.41) is 0. The highest BCUT2D eigenvalue weighted by molar-refractivity contribution is 4.82. The van der Waals surface area contributed by atoms with Gasteiger partial charge in [0, 0.05) is 25.2 Å². The molecule has 0 aromatic rings. The molecule has 1 heterocycles. The summed E-state index contributed by atoms with van der Waals surface area (Å²) in [6.07, 6.45) is 4.06. The second-order valence-corrected chi connectivity index (χ2v) is 4.73. The molecule has 0 spiro atoms. The molecular weight excluding hydrogens is 174 g/mol. The number of nitrogens with zero attached hydrogens (tertiary/aromatic N) is 2. The minimum Gasteiger partial charge on any atom is -0.329 e. The molecule has 0 aromatic heterocycles. The van der Waals surface area contributed by atoms with Crippen LogP contribution < -0.4 is 5.73 Å². The van der Waals surface area contributed by atoms with Crippen molar-refractivity contribution in [1.82, 2.24) is 9.80 Å². The summed E-state index contributed by atoms with van der Waals surface area (Å²) in [4.78, 5) is 4.87. The van der Waals surface area contributed by atoms with Crippen molar-refractivity contribution in [3.63, 3.8) is 0 Å². The van der Waals surface area contributed by atoms with E-state index in [2.05, 4.69) is 30.8 Å². The molecule has 1 fully saturated rings. The molecule has 2 atom stereocenters. The summed E-state index contributed by atoms with van der Waals surface area (Å²) >= 11 is 0. The topological polar surface area (TPSA) is 32.5 Å². The van der Waals surface area contributed by atoms with Crippen LogP contribution >= 0.6 is 0 Å². The van der Waals surface area contributed by atoms with E-state index in [1.807, 2.05) is 0 Å². The van der Waals surface area contributed by atoms with Gasteiger partial charge in [0.1, 0.15) is 0 Å². The molecular formula is C11H25N3. The molecule has 1 aliphatic rings. The third-order valence-electron chi connectivity index (χ3n) is 3.16. The van der Waals surface area contributed by atoms with E-state index in [-0.39, 0.29) is 0 Å². The van der Waals surface area contributed by atoms with Crippen LogP contribution in [0.2, 0.25) is 0 Å². The first-order valence-electron chi connectivity index (χ1n) is 5.75. The van der Waals surface area contributed by atoms with E-state index < -0.39 is 0 Å². The predicted octanol–water partition coefficient (Wildman–Crippen LogP) is 0.750. The van der Waals surface area contributed by atoms with Crippen LogP contribution in [0.4, 0.5) is 0 Å². The van der Waals surface area contributed by atoms with Gasteiger partial charge >= 0.3 is 0 Å². The molecule has 0 aliphatic carbocycles. The predicted molar refractivity (Wildman–Crippen MR) is 61.4 cm³/mol. The molecule has 14 heavy (non-hydrogen) atoms. The summed E-state index contributed by atoms with van der Waals surface area (Å²) in [7, 11) is 4.31. The van der Waals surface area contributed by atoms with Gasteiger partial charge in [0.15, 0.2) is 0 Å². The van der Waals surface area contributed by atoms with E-state index in [9.17, 15) is 0 Å². The van der Waals surface area contributed by atoms with Gasteiger partial charge in [0.2, 0.25) is 0 Å². The first-order valence-corrected chi connectivity index (χ1v) is 5.75. The van der Waals surface area contributed by atoms with Crippen LogP contribution in [-0.4, -0.2) is 55.6 Å². The Hall–Kier alpha value is -0.120. The Morgan fingerprint density at radius 2 is 2.14 bits per heavy atom. The molecule has 1 saturated heterocycles. The lowest BCUT2D eigenvalue weighted by Gasteiger charge is -2.40. The van der Waals surface area contributed by atoms with Crippen molar-refractivity contribution in [2.75, 3.05) is 33.7 Å². The summed E-state index contributed by atoms with van der Waals surface area (Å²) in [5.74, 6) is 0. The molecule has 1 rings (SSSR count). The summed E-state index contributed by atoms with van der Waals surface area (Å²) in [5.41, 5.74) is 5.74. The second-order valence-electron chi connectivity index (χ2n) is 4.73. The van der Waals surface area contributed by atoms with Crippen LogP contribution in [0, 0.1) is 0 Å². The van der Waals surface area contributed by atoms with E-state index in [1.165, 1.54) is 32.4 Å². The lowest BCUT2D eigenvalue weighted by molar-refractivity contribution is 0.0869. The van der Waals surface area contributed by atoms with Crippen LogP contribution in [-0.2, 0) is 0 Å². The minimum absolute atomic E-state index is 0.542. The highest BCUT2D eigenvalue weighted by Crippen LogP contribution is 2.19. The third-order valence-corrected chi connectivity index (χ3v) is 3.16. The molecule has 84 valence electrons. The van der Waals surface area contributed by atoms with Gasteiger partial charge in [-0.1, -0.05) is 6.42 Å². The molecule has 2 N–H and O–H groups in total. The van der Waals surface area contributed by atoms with E-state index in [1.54, 1.807) is 0 Å². The van der Waals surface area contributed by atoms with Crippen molar-refractivity contribution in [3.8, 4) is 0 Å². The number of likely N-dealkylation sites (tertiary alicyclic amines) is 1. The van der Waals surface area contributed by atoms with Gasteiger partial charge in [-0.15, -0.1) is 0 Å². The van der Waals surface area contributed by atoms with E-state index >= 15 is 0 Å². The third kappa shape index (κ3) is 3.23. The lowest BCUT2D eigenvalue weighted by atomic mass is 9.99. The van der Waals surface area contributed by atoms with Gasteiger partial charge in [-0.25, -0.2) is 0 Å². The highest BCUT2D eigenvalue weighted by atomic mass is 15.2. The quantitative estimate of drug-likeness (QED) is 0.725. The Bertz CT molecular complexity index is 159. The maximum Gasteiger partial charge on any atom is 0.0226 e. The summed E-state index contributed by atoms with van der Waals surface area (Å²) in [6, 6.07) is 1.26. The van der Waals surface area contributed by atoms with Gasteiger partial charge in [-0.2, -0.15) is 0 Å². The van der Waals surface area contributed by atoms with E-state index in [0.717, 1.165) is 12.6 Å². The number of likely N-dealkylation sites (N-methyl/N-ethyl adjacent to an activating group) is 1. The number of rotatable bonds is 4. The Morgan fingerprint density at radius 1 is 1.43 bits per heavy atom. The number of piperidine rings is 1. The van der Waals surface area contributed by atoms with Crippen molar-refractivity contribution < 1.29 is 0 Å². The Balaban J connectivity index is 2.49. The van der Waals surface area contributed by atoms with Gasteiger partial charge in [0.05, 0.1) is 0 Å². The van der Waals surface area contributed by atoms with Crippen molar-refractivity contribution in [3.05, 3.63) is 0 Å². The maximum atomic E-state index is 5.74. The van der Waals surface area contributed by atoms with Crippen molar-refractivity contribution in [2.45, 2.75) is 38.3 Å². The SMILES string of the molecule is CC(CN)N1CCCCC1CN(C)C. The molecule has 0 amide bonds. The standard InChI is InChI=1S/C11H25N3/c1-10(8-12)14-7-5-4-6-11(14)9-13(2)3/h10-11H,4-9,12H2,1-3H3. The molecule has 1 aliphatic heterocycles. The van der Waals surface area contributed by atoms with E-state index in [0.29, 0.717) is 6.04 Å². The fourth-order valence-electron chi connectivity index (χ4n) is 2.36. The van der Waals surface area contributed by atoms with Crippen LogP contribution in [0.1, 0.15) is 26.2 Å². The Morgan fingerprint density at radius 3 is 2.71 bits per heavy atom. The van der Waals surface area contributed by atoms with Crippen LogP contribution in [0.15, 0.2) is 0 Å². The molecule has 2 unspecified atom stereocenters. The van der Waals surface area contributed by atoms with Crippen LogP contribution in [0.25, 0.3) is 0 Å². The normalized spacial score (nSPS) is 26.8. The average molecular weight is 199 g/mol. The first kappa shape index (κ1) is 12.0. The Kier molecular flexibility index (Phi) is 4.85. The first-order chi connectivity index (χ1) is 6.65. The van der Waals surface area contributed by atoms with Crippen molar-refractivity contribution in [2.24, 2.45) is 5.73 Å². The smallest absolute Gasteiger partial charge is 0.0226 e. The van der Waals surface area contributed by atoms with Crippen molar-refractivity contribution >= 4 is 0 Å². The van der Waals surface area contributed by atoms with Crippen LogP contribution in [0.5, 0.6) is 0 Å². The molecule has 0 aromatic carbocycles. The fraction of sp³-hybridized carbons (Fsp3) is 1.00. The number of nitrogens with two attached hydrogens (primary N) is 1. The fourth-order valence-corrected chi connectivity index (χ4v) is 2.36. The van der Waals surface area contributed by atoms with Gasteiger partial charge < -0.3 is 10.6 Å². The molecule has 3 nitrogen and oxygen atoms in total. The van der Waals surface area contributed by atoms with E-state index in [4.69, 9.17) is 5.73 Å². The lowest BCUT2D eigenvalue weighted by Crippen LogP contribution is -2.51. The number of hydrogen-bond donors (Lipinski definition) is 1. The maximum absolute atomic E-state index is 5.74. The van der Waals surface area contributed by atoms with Crippen LogP contribution in [0.3, 0.4) is 0 Å². The zero-order valence-corrected chi connectivity index (χ0v) is 9.87.